The lowest BCUT2D eigenvalue weighted by Crippen LogP contribution is -2.48. The lowest BCUT2D eigenvalue weighted by atomic mass is 9.96. The molecule has 0 aliphatic carbocycles. The SMILES string of the molecule is CC1CN(S(=O)(=O)c2ccc3c(c2)CCO3)CCC1N. The molecule has 110 valence electrons. The summed E-state index contributed by atoms with van der Waals surface area (Å²) in [7, 11) is -3.42. The summed E-state index contributed by atoms with van der Waals surface area (Å²) in [5, 5.41) is 0. The number of hydrogen-bond acceptors (Lipinski definition) is 4. The van der Waals surface area contributed by atoms with Gasteiger partial charge in [0.05, 0.1) is 11.5 Å². The highest BCUT2D eigenvalue weighted by Gasteiger charge is 2.32. The summed E-state index contributed by atoms with van der Waals surface area (Å²) in [6.45, 7) is 3.63. The summed E-state index contributed by atoms with van der Waals surface area (Å²) in [4.78, 5) is 0.365. The first-order valence-corrected chi connectivity index (χ1v) is 8.44. The van der Waals surface area contributed by atoms with Crippen molar-refractivity contribution in [2.75, 3.05) is 19.7 Å². The van der Waals surface area contributed by atoms with E-state index in [9.17, 15) is 8.42 Å². The van der Waals surface area contributed by atoms with Gasteiger partial charge in [-0.1, -0.05) is 6.92 Å². The van der Waals surface area contributed by atoms with E-state index in [0.29, 0.717) is 31.0 Å². The van der Waals surface area contributed by atoms with Gasteiger partial charge in [0.1, 0.15) is 5.75 Å². The van der Waals surface area contributed by atoms with Gasteiger partial charge in [-0.3, -0.25) is 0 Å². The van der Waals surface area contributed by atoms with Gasteiger partial charge in [0.15, 0.2) is 0 Å². The first-order valence-electron chi connectivity index (χ1n) is 7.00. The summed E-state index contributed by atoms with van der Waals surface area (Å²) in [6, 6.07) is 5.24. The quantitative estimate of drug-likeness (QED) is 0.883. The largest absolute Gasteiger partial charge is 0.493 e. The summed E-state index contributed by atoms with van der Waals surface area (Å²) in [5.41, 5.74) is 6.94. The highest BCUT2D eigenvalue weighted by Crippen LogP contribution is 2.30. The van der Waals surface area contributed by atoms with Gasteiger partial charge in [0, 0.05) is 25.6 Å². The molecule has 20 heavy (non-hydrogen) atoms. The fraction of sp³-hybridized carbons (Fsp3) is 0.571. The van der Waals surface area contributed by atoms with Gasteiger partial charge in [-0.15, -0.1) is 0 Å². The number of ether oxygens (including phenoxy) is 1. The van der Waals surface area contributed by atoms with Crippen molar-refractivity contribution in [2.24, 2.45) is 11.7 Å². The Kier molecular flexibility index (Phi) is 3.48. The van der Waals surface area contributed by atoms with E-state index < -0.39 is 10.0 Å². The van der Waals surface area contributed by atoms with Crippen LogP contribution in [0.5, 0.6) is 5.75 Å². The van der Waals surface area contributed by atoms with Crippen molar-refractivity contribution in [2.45, 2.75) is 30.7 Å². The van der Waals surface area contributed by atoms with Crippen molar-refractivity contribution in [1.82, 2.24) is 4.31 Å². The second kappa shape index (κ2) is 5.02. The van der Waals surface area contributed by atoms with Crippen LogP contribution >= 0.6 is 0 Å². The van der Waals surface area contributed by atoms with Crippen LogP contribution in [-0.4, -0.2) is 38.5 Å². The molecule has 2 aliphatic rings. The van der Waals surface area contributed by atoms with Gasteiger partial charge in [-0.25, -0.2) is 8.42 Å². The summed E-state index contributed by atoms with van der Waals surface area (Å²) >= 11 is 0. The minimum Gasteiger partial charge on any atom is -0.493 e. The lowest BCUT2D eigenvalue weighted by molar-refractivity contribution is 0.250. The Hall–Kier alpha value is -1.11. The monoisotopic (exact) mass is 296 g/mol. The third-order valence-electron chi connectivity index (χ3n) is 4.23. The minimum atomic E-state index is -3.42. The molecular weight excluding hydrogens is 276 g/mol. The van der Waals surface area contributed by atoms with Gasteiger partial charge in [-0.05, 0) is 36.1 Å². The minimum absolute atomic E-state index is 0.0925. The number of sulfonamides is 1. The van der Waals surface area contributed by atoms with Crippen molar-refractivity contribution < 1.29 is 13.2 Å². The molecule has 0 saturated carbocycles. The van der Waals surface area contributed by atoms with Crippen LogP contribution in [0.4, 0.5) is 0 Å². The van der Waals surface area contributed by atoms with Crippen molar-refractivity contribution in [3.05, 3.63) is 23.8 Å². The number of fused-ring (bicyclic) bond motifs is 1. The van der Waals surface area contributed by atoms with Crippen LogP contribution in [0.25, 0.3) is 0 Å². The molecule has 0 bridgehead atoms. The molecule has 2 atom stereocenters. The average molecular weight is 296 g/mol. The predicted octanol–water partition coefficient (Wildman–Crippen LogP) is 0.979. The van der Waals surface area contributed by atoms with E-state index in [2.05, 4.69) is 0 Å². The first kappa shape index (κ1) is 13.9. The molecular formula is C14H20N2O3S. The fourth-order valence-electron chi connectivity index (χ4n) is 2.82. The summed E-state index contributed by atoms with van der Waals surface area (Å²) in [6.07, 6.45) is 1.49. The summed E-state index contributed by atoms with van der Waals surface area (Å²) < 4.78 is 32.3. The smallest absolute Gasteiger partial charge is 0.243 e. The lowest BCUT2D eigenvalue weighted by Gasteiger charge is -2.34. The number of piperidine rings is 1. The Morgan fingerprint density at radius 1 is 1.40 bits per heavy atom. The molecule has 3 rings (SSSR count). The van der Waals surface area contributed by atoms with Crippen LogP contribution in [0.2, 0.25) is 0 Å². The van der Waals surface area contributed by atoms with Crippen LogP contribution in [0, 0.1) is 5.92 Å². The maximum Gasteiger partial charge on any atom is 0.243 e. The van der Waals surface area contributed by atoms with Crippen molar-refractivity contribution >= 4 is 10.0 Å². The first-order chi connectivity index (χ1) is 9.48. The van der Waals surface area contributed by atoms with E-state index >= 15 is 0 Å². The van der Waals surface area contributed by atoms with Crippen molar-refractivity contribution in [3.8, 4) is 5.75 Å². The Labute approximate surface area is 119 Å². The number of benzene rings is 1. The Bertz CT molecular complexity index is 615. The van der Waals surface area contributed by atoms with Crippen molar-refractivity contribution in [3.63, 3.8) is 0 Å². The van der Waals surface area contributed by atoms with E-state index in [4.69, 9.17) is 10.5 Å². The van der Waals surface area contributed by atoms with E-state index in [-0.39, 0.29) is 12.0 Å². The molecule has 0 spiro atoms. The number of rotatable bonds is 2. The van der Waals surface area contributed by atoms with Crippen LogP contribution < -0.4 is 10.5 Å². The van der Waals surface area contributed by atoms with Gasteiger partial charge in [-0.2, -0.15) is 4.31 Å². The number of nitrogens with zero attached hydrogens (tertiary/aromatic N) is 1. The number of hydrogen-bond donors (Lipinski definition) is 1. The van der Waals surface area contributed by atoms with Crippen LogP contribution in [0.1, 0.15) is 18.9 Å². The maximum absolute atomic E-state index is 12.7. The fourth-order valence-corrected chi connectivity index (χ4v) is 4.42. The molecule has 0 amide bonds. The maximum atomic E-state index is 12.7. The Balaban J connectivity index is 1.88. The van der Waals surface area contributed by atoms with E-state index in [1.807, 2.05) is 6.92 Å². The van der Waals surface area contributed by atoms with Crippen LogP contribution in [0.15, 0.2) is 23.1 Å². The molecule has 2 unspecified atom stereocenters. The second-order valence-electron chi connectivity index (χ2n) is 5.66. The van der Waals surface area contributed by atoms with Gasteiger partial charge >= 0.3 is 0 Å². The van der Waals surface area contributed by atoms with Gasteiger partial charge in [0.2, 0.25) is 10.0 Å². The second-order valence-corrected chi connectivity index (χ2v) is 7.60. The molecule has 1 aromatic carbocycles. The number of nitrogens with two attached hydrogens (primary N) is 1. The zero-order valence-electron chi connectivity index (χ0n) is 11.6. The summed E-state index contributed by atoms with van der Waals surface area (Å²) in [5.74, 6) is 0.995. The van der Waals surface area contributed by atoms with Crippen LogP contribution in [0.3, 0.4) is 0 Å². The van der Waals surface area contributed by atoms with E-state index in [1.165, 1.54) is 0 Å². The molecule has 5 nitrogen and oxygen atoms in total. The van der Waals surface area contributed by atoms with E-state index in [0.717, 1.165) is 17.7 Å². The molecule has 0 aromatic heterocycles. The Morgan fingerprint density at radius 2 is 2.20 bits per heavy atom. The van der Waals surface area contributed by atoms with Crippen LogP contribution in [-0.2, 0) is 16.4 Å². The molecule has 6 heteroatoms. The van der Waals surface area contributed by atoms with Gasteiger partial charge in [0.25, 0.3) is 0 Å². The molecule has 2 N–H and O–H groups in total. The third-order valence-corrected chi connectivity index (χ3v) is 6.09. The highest BCUT2D eigenvalue weighted by molar-refractivity contribution is 7.89. The van der Waals surface area contributed by atoms with Gasteiger partial charge < -0.3 is 10.5 Å². The highest BCUT2D eigenvalue weighted by atomic mass is 32.2. The Morgan fingerprint density at radius 3 is 2.95 bits per heavy atom. The third kappa shape index (κ3) is 2.32. The molecule has 0 radical (unpaired) electrons. The zero-order valence-corrected chi connectivity index (χ0v) is 12.4. The predicted molar refractivity (Wildman–Crippen MR) is 76.2 cm³/mol. The zero-order chi connectivity index (χ0) is 14.3. The molecule has 2 aliphatic heterocycles. The normalized spacial score (nSPS) is 27.1. The molecule has 1 aromatic rings. The molecule has 2 heterocycles. The standard InChI is InChI=1S/C14H20N2O3S/c1-10-9-16(6-4-13(10)15)20(17,18)12-2-3-14-11(8-12)5-7-19-14/h2-3,8,10,13H,4-7,9,15H2,1H3. The van der Waals surface area contributed by atoms with E-state index in [1.54, 1.807) is 22.5 Å². The molecule has 1 fully saturated rings. The average Bonchev–Trinajstić information content (AvgIpc) is 2.89. The molecule has 1 saturated heterocycles. The topological polar surface area (TPSA) is 72.6 Å². The van der Waals surface area contributed by atoms with Crippen molar-refractivity contribution in [1.29, 1.82) is 0 Å².